The third-order valence-electron chi connectivity index (χ3n) is 2.90. The van der Waals surface area contributed by atoms with Crippen LogP contribution in [-0.2, 0) is 0 Å². The van der Waals surface area contributed by atoms with Crippen LogP contribution >= 0.6 is 11.6 Å². The fourth-order valence-corrected chi connectivity index (χ4v) is 1.97. The van der Waals surface area contributed by atoms with Gasteiger partial charge in [-0.25, -0.2) is 4.39 Å². The Kier molecular flexibility index (Phi) is 5.17. The lowest BCUT2D eigenvalue weighted by Crippen LogP contribution is -2.13. The lowest BCUT2D eigenvalue weighted by Gasteiger charge is -2.08. The van der Waals surface area contributed by atoms with Crippen LogP contribution < -0.4 is 10.6 Å². The number of carbonyl (C=O) groups excluding carboxylic acids is 1. The predicted molar refractivity (Wildman–Crippen MR) is 84.6 cm³/mol. The highest BCUT2D eigenvalue weighted by atomic mass is 35.5. The van der Waals surface area contributed by atoms with Gasteiger partial charge in [0.25, 0.3) is 5.91 Å². The summed E-state index contributed by atoms with van der Waals surface area (Å²) in [5.41, 5.74) is 1.47. The summed E-state index contributed by atoms with van der Waals surface area (Å²) in [4.78, 5) is 12.1. The molecule has 0 heterocycles. The molecule has 0 fully saturated rings. The second-order valence-electron chi connectivity index (χ2n) is 4.58. The predicted octanol–water partition coefficient (Wildman–Crippen LogP) is 4.55. The van der Waals surface area contributed by atoms with Crippen LogP contribution in [0.1, 0.15) is 23.7 Å². The molecule has 0 saturated heterocycles. The smallest absolute Gasteiger partial charge is 0.255 e. The van der Waals surface area contributed by atoms with Crippen molar-refractivity contribution in [2.75, 3.05) is 17.2 Å². The van der Waals surface area contributed by atoms with Gasteiger partial charge in [-0.15, -0.1) is 0 Å². The van der Waals surface area contributed by atoms with E-state index in [-0.39, 0.29) is 11.6 Å². The molecule has 2 aromatic carbocycles. The van der Waals surface area contributed by atoms with Gasteiger partial charge in [0.05, 0.1) is 5.69 Å². The molecule has 0 aliphatic rings. The van der Waals surface area contributed by atoms with Crippen molar-refractivity contribution in [3.8, 4) is 0 Å². The number of benzene rings is 2. The summed E-state index contributed by atoms with van der Waals surface area (Å²) in [7, 11) is 0. The SMILES string of the molecule is CCCNc1ccc(C(=O)Nc2cc(Cl)ccc2F)cc1. The Hall–Kier alpha value is -2.07. The molecule has 0 spiro atoms. The van der Waals surface area contributed by atoms with E-state index in [0.717, 1.165) is 18.7 Å². The van der Waals surface area contributed by atoms with E-state index in [1.54, 1.807) is 12.1 Å². The first-order valence-electron chi connectivity index (χ1n) is 6.70. The highest BCUT2D eigenvalue weighted by Gasteiger charge is 2.09. The van der Waals surface area contributed by atoms with Gasteiger partial charge in [0, 0.05) is 22.8 Å². The Labute approximate surface area is 128 Å². The second kappa shape index (κ2) is 7.09. The minimum Gasteiger partial charge on any atom is -0.385 e. The molecule has 1 amide bonds. The maximum absolute atomic E-state index is 13.6. The molecule has 0 aromatic heterocycles. The molecule has 5 heteroatoms. The molecule has 0 radical (unpaired) electrons. The number of nitrogens with one attached hydrogen (secondary N) is 2. The van der Waals surface area contributed by atoms with Crippen LogP contribution in [-0.4, -0.2) is 12.5 Å². The molecular weight excluding hydrogens is 291 g/mol. The van der Waals surface area contributed by atoms with E-state index in [2.05, 4.69) is 17.6 Å². The first-order valence-corrected chi connectivity index (χ1v) is 7.08. The van der Waals surface area contributed by atoms with Crippen LogP contribution in [0.2, 0.25) is 5.02 Å². The van der Waals surface area contributed by atoms with Crippen LogP contribution in [0.15, 0.2) is 42.5 Å². The van der Waals surface area contributed by atoms with Crippen LogP contribution in [0, 0.1) is 5.82 Å². The van der Waals surface area contributed by atoms with Crippen molar-refractivity contribution in [2.24, 2.45) is 0 Å². The molecular formula is C16H16ClFN2O. The first-order chi connectivity index (χ1) is 10.1. The Bertz CT molecular complexity index is 629. The lowest BCUT2D eigenvalue weighted by molar-refractivity contribution is 0.102. The summed E-state index contributed by atoms with van der Waals surface area (Å²) in [5, 5.41) is 6.10. The Morgan fingerprint density at radius 2 is 1.90 bits per heavy atom. The Balaban J connectivity index is 2.07. The summed E-state index contributed by atoms with van der Waals surface area (Å²) in [6.07, 6.45) is 1.02. The fraction of sp³-hybridized carbons (Fsp3) is 0.188. The van der Waals surface area contributed by atoms with Gasteiger partial charge in [-0.3, -0.25) is 4.79 Å². The van der Waals surface area contributed by atoms with E-state index in [4.69, 9.17) is 11.6 Å². The number of anilines is 2. The number of amides is 1. The van der Waals surface area contributed by atoms with E-state index < -0.39 is 5.82 Å². The van der Waals surface area contributed by atoms with Crippen LogP contribution in [0.5, 0.6) is 0 Å². The highest BCUT2D eigenvalue weighted by Crippen LogP contribution is 2.20. The van der Waals surface area contributed by atoms with Crippen molar-refractivity contribution in [3.05, 3.63) is 58.9 Å². The second-order valence-corrected chi connectivity index (χ2v) is 5.02. The first kappa shape index (κ1) is 15.3. The van der Waals surface area contributed by atoms with Gasteiger partial charge in [-0.2, -0.15) is 0 Å². The van der Waals surface area contributed by atoms with E-state index in [1.807, 2.05) is 12.1 Å². The van der Waals surface area contributed by atoms with Gasteiger partial charge in [-0.05, 0) is 48.9 Å². The zero-order valence-electron chi connectivity index (χ0n) is 11.6. The van der Waals surface area contributed by atoms with Crippen molar-refractivity contribution in [2.45, 2.75) is 13.3 Å². The Morgan fingerprint density at radius 1 is 1.19 bits per heavy atom. The van der Waals surface area contributed by atoms with Gasteiger partial charge < -0.3 is 10.6 Å². The summed E-state index contributed by atoms with van der Waals surface area (Å²) < 4.78 is 13.6. The quantitative estimate of drug-likeness (QED) is 0.850. The summed E-state index contributed by atoms with van der Waals surface area (Å²) in [6, 6.07) is 11.0. The molecule has 110 valence electrons. The third kappa shape index (κ3) is 4.20. The van der Waals surface area contributed by atoms with Gasteiger partial charge in [-0.1, -0.05) is 18.5 Å². The van der Waals surface area contributed by atoms with E-state index >= 15 is 0 Å². The van der Waals surface area contributed by atoms with Crippen molar-refractivity contribution in [3.63, 3.8) is 0 Å². The lowest BCUT2D eigenvalue weighted by atomic mass is 10.2. The number of carbonyl (C=O) groups is 1. The molecule has 0 unspecified atom stereocenters. The van der Waals surface area contributed by atoms with Crippen LogP contribution in [0.25, 0.3) is 0 Å². The molecule has 2 rings (SSSR count). The van der Waals surface area contributed by atoms with Gasteiger partial charge in [0.1, 0.15) is 5.82 Å². The zero-order valence-corrected chi connectivity index (χ0v) is 12.4. The van der Waals surface area contributed by atoms with Gasteiger partial charge in [0.2, 0.25) is 0 Å². The van der Waals surface area contributed by atoms with Crippen molar-refractivity contribution in [1.29, 1.82) is 0 Å². The van der Waals surface area contributed by atoms with Crippen LogP contribution in [0.4, 0.5) is 15.8 Å². The van der Waals surface area contributed by atoms with Crippen LogP contribution in [0.3, 0.4) is 0 Å². The zero-order chi connectivity index (χ0) is 15.2. The molecule has 21 heavy (non-hydrogen) atoms. The number of hydrogen-bond acceptors (Lipinski definition) is 2. The number of rotatable bonds is 5. The molecule has 0 bridgehead atoms. The van der Waals surface area contributed by atoms with Gasteiger partial charge >= 0.3 is 0 Å². The minimum atomic E-state index is -0.519. The maximum Gasteiger partial charge on any atom is 0.255 e. The molecule has 0 aliphatic carbocycles. The molecule has 0 saturated carbocycles. The third-order valence-corrected chi connectivity index (χ3v) is 3.14. The molecule has 2 N–H and O–H groups in total. The average Bonchev–Trinajstić information content (AvgIpc) is 2.49. The summed E-state index contributed by atoms with van der Waals surface area (Å²) >= 11 is 5.79. The van der Waals surface area contributed by atoms with E-state index in [0.29, 0.717) is 10.6 Å². The molecule has 0 atom stereocenters. The standard InChI is InChI=1S/C16H16ClFN2O/c1-2-9-19-13-6-3-11(4-7-13)16(21)20-15-10-12(17)5-8-14(15)18/h3-8,10,19H,2,9H2,1H3,(H,20,21). The molecule has 3 nitrogen and oxygen atoms in total. The molecule has 0 aliphatic heterocycles. The summed E-state index contributed by atoms with van der Waals surface area (Å²) in [5.74, 6) is -0.896. The highest BCUT2D eigenvalue weighted by molar-refractivity contribution is 6.31. The largest absolute Gasteiger partial charge is 0.385 e. The Morgan fingerprint density at radius 3 is 2.57 bits per heavy atom. The van der Waals surface area contributed by atoms with Crippen molar-refractivity contribution >= 4 is 28.9 Å². The topological polar surface area (TPSA) is 41.1 Å². The minimum absolute atomic E-state index is 0.0701. The van der Waals surface area contributed by atoms with E-state index in [9.17, 15) is 9.18 Å². The monoisotopic (exact) mass is 306 g/mol. The molecule has 2 aromatic rings. The van der Waals surface area contributed by atoms with Gasteiger partial charge in [0.15, 0.2) is 0 Å². The average molecular weight is 307 g/mol. The fourth-order valence-electron chi connectivity index (χ4n) is 1.80. The maximum atomic E-state index is 13.6. The summed E-state index contributed by atoms with van der Waals surface area (Å²) in [6.45, 7) is 2.95. The number of halogens is 2. The van der Waals surface area contributed by atoms with E-state index in [1.165, 1.54) is 18.2 Å². The number of hydrogen-bond donors (Lipinski definition) is 2. The van der Waals surface area contributed by atoms with Crippen molar-refractivity contribution in [1.82, 2.24) is 0 Å². The van der Waals surface area contributed by atoms with Crippen molar-refractivity contribution < 1.29 is 9.18 Å². The normalized spacial score (nSPS) is 10.2.